The van der Waals surface area contributed by atoms with Gasteiger partial charge in [0.25, 0.3) is 0 Å². The van der Waals surface area contributed by atoms with Crippen LogP contribution in [0.2, 0.25) is 0 Å². The number of alkyl halides is 3. The molecule has 0 spiro atoms. The van der Waals surface area contributed by atoms with Crippen molar-refractivity contribution in [3.63, 3.8) is 0 Å². The van der Waals surface area contributed by atoms with Gasteiger partial charge in [-0.25, -0.2) is 0 Å². The molecule has 152 valence electrons. The minimum atomic E-state index is -4.44. The molecule has 1 N–H and O–H groups in total. The minimum absolute atomic E-state index is 0.0707. The number of hydrogen-bond donors (Lipinski definition) is 1. The highest BCUT2D eigenvalue weighted by atomic mass is 32.1. The van der Waals surface area contributed by atoms with E-state index in [-0.39, 0.29) is 29.8 Å². The van der Waals surface area contributed by atoms with Gasteiger partial charge in [-0.3, -0.25) is 15.0 Å². The molecule has 29 heavy (non-hydrogen) atoms. The predicted octanol–water partition coefficient (Wildman–Crippen LogP) is 2.95. The van der Waals surface area contributed by atoms with Gasteiger partial charge in [0.15, 0.2) is 0 Å². The van der Waals surface area contributed by atoms with E-state index in [0.29, 0.717) is 24.1 Å². The molecule has 1 saturated heterocycles. The third kappa shape index (κ3) is 4.43. The van der Waals surface area contributed by atoms with Crippen LogP contribution < -0.4 is 5.32 Å². The molecule has 12 heteroatoms. The van der Waals surface area contributed by atoms with Gasteiger partial charge in [-0.2, -0.15) is 18.2 Å². The smallest absolute Gasteiger partial charge is 0.339 e. The molecule has 1 amide bonds. The topological polar surface area (TPSA) is 97.0 Å². The average molecular weight is 424 g/mol. The number of hydrogen-bond acceptors (Lipinski definition) is 8. The number of carbonyl (C=O) groups excluding carboxylic acids is 1. The normalized spacial score (nSPS) is 15.3. The van der Waals surface area contributed by atoms with E-state index < -0.39 is 11.7 Å². The molecule has 1 aliphatic heterocycles. The van der Waals surface area contributed by atoms with Crippen LogP contribution in [0.4, 0.5) is 18.3 Å². The lowest BCUT2D eigenvalue weighted by Crippen LogP contribution is -2.48. The van der Waals surface area contributed by atoms with Crippen molar-refractivity contribution in [2.45, 2.75) is 19.0 Å². The van der Waals surface area contributed by atoms with Gasteiger partial charge in [0, 0.05) is 18.7 Å². The first-order chi connectivity index (χ1) is 13.8. The highest BCUT2D eigenvalue weighted by Crippen LogP contribution is 2.32. The van der Waals surface area contributed by atoms with Crippen LogP contribution in [0.15, 0.2) is 28.8 Å². The van der Waals surface area contributed by atoms with E-state index in [1.807, 2.05) is 4.90 Å². The Labute approximate surface area is 166 Å². The first kappa shape index (κ1) is 19.5. The number of benzene rings is 1. The molecule has 3 heterocycles. The van der Waals surface area contributed by atoms with E-state index >= 15 is 0 Å². The number of nitrogens with zero attached hydrogens (tertiary/aromatic N) is 5. The Balaban J connectivity index is 1.33. The lowest BCUT2D eigenvalue weighted by atomic mass is 10.0. The monoisotopic (exact) mass is 424 g/mol. The van der Waals surface area contributed by atoms with Crippen molar-refractivity contribution in [1.29, 1.82) is 0 Å². The van der Waals surface area contributed by atoms with Crippen LogP contribution in [0.5, 0.6) is 0 Å². The third-order valence-corrected chi connectivity index (χ3v) is 5.09. The van der Waals surface area contributed by atoms with E-state index in [0.717, 1.165) is 17.1 Å². The van der Waals surface area contributed by atoms with Gasteiger partial charge in [-0.05, 0) is 19.1 Å². The summed E-state index contributed by atoms with van der Waals surface area (Å²) in [6.45, 7) is 3.05. The molecule has 8 nitrogen and oxygen atoms in total. The van der Waals surface area contributed by atoms with Crippen LogP contribution in [0.1, 0.15) is 22.4 Å². The summed E-state index contributed by atoms with van der Waals surface area (Å²) in [6, 6.07) is 4.78. The number of aryl methyl sites for hydroxylation is 1. The van der Waals surface area contributed by atoms with Crippen molar-refractivity contribution in [3.8, 4) is 11.4 Å². The summed E-state index contributed by atoms with van der Waals surface area (Å²) in [5, 5.41) is 15.4. The number of carbonyl (C=O) groups is 1. The largest absolute Gasteiger partial charge is 0.416 e. The van der Waals surface area contributed by atoms with E-state index in [1.54, 1.807) is 6.92 Å². The van der Waals surface area contributed by atoms with Crippen molar-refractivity contribution in [1.82, 2.24) is 25.2 Å². The quantitative estimate of drug-likeness (QED) is 0.673. The summed E-state index contributed by atoms with van der Waals surface area (Å²) >= 11 is 1.29. The molecule has 1 fully saturated rings. The molecule has 2 aromatic heterocycles. The molecule has 1 aliphatic rings. The van der Waals surface area contributed by atoms with E-state index in [2.05, 4.69) is 25.7 Å². The molecule has 0 bridgehead atoms. The van der Waals surface area contributed by atoms with Gasteiger partial charge in [0.2, 0.25) is 22.8 Å². The second kappa shape index (κ2) is 7.52. The van der Waals surface area contributed by atoms with Crippen molar-refractivity contribution < 1.29 is 22.5 Å². The van der Waals surface area contributed by atoms with Crippen LogP contribution in [0.25, 0.3) is 11.4 Å². The van der Waals surface area contributed by atoms with Gasteiger partial charge in [0.1, 0.15) is 5.01 Å². The summed E-state index contributed by atoms with van der Waals surface area (Å²) in [4.78, 5) is 18.1. The number of halogens is 3. The Bertz CT molecular complexity index is 1030. The van der Waals surface area contributed by atoms with E-state index in [9.17, 15) is 18.0 Å². The molecule has 0 saturated carbocycles. The number of aromatic nitrogens is 4. The minimum Gasteiger partial charge on any atom is -0.339 e. The Hall–Kier alpha value is -2.86. The molecule has 0 unspecified atom stereocenters. The van der Waals surface area contributed by atoms with Crippen molar-refractivity contribution >= 4 is 22.4 Å². The van der Waals surface area contributed by atoms with Crippen LogP contribution in [-0.2, 0) is 11.0 Å². The number of amides is 1. The molecule has 3 aromatic rings. The van der Waals surface area contributed by atoms with E-state index in [4.69, 9.17) is 4.52 Å². The van der Waals surface area contributed by atoms with Gasteiger partial charge in [-0.15, -0.1) is 10.2 Å². The van der Waals surface area contributed by atoms with Crippen LogP contribution in [-0.4, -0.2) is 50.8 Å². The second-order valence-corrected chi connectivity index (χ2v) is 7.78. The number of likely N-dealkylation sites (tertiary alicyclic amines) is 1. The Morgan fingerprint density at radius 1 is 1.34 bits per heavy atom. The summed E-state index contributed by atoms with van der Waals surface area (Å²) < 4.78 is 43.8. The molecule has 1 aromatic carbocycles. The highest BCUT2D eigenvalue weighted by molar-refractivity contribution is 7.15. The van der Waals surface area contributed by atoms with E-state index in [1.165, 1.54) is 23.5 Å². The molecular weight excluding hydrogens is 409 g/mol. The van der Waals surface area contributed by atoms with Gasteiger partial charge < -0.3 is 4.52 Å². The van der Waals surface area contributed by atoms with Crippen LogP contribution in [0, 0.1) is 6.92 Å². The fourth-order valence-electron chi connectivity index (χ4n) is 2.92. The lowest BCUT2D eigenvalue weighted by Gasteiger charge is -2.36. The molecule has 0 atom stereocenters. The molecule has 4 rings (SSSR count). The van der Waals surface area contributed by atoms with Gasteiger partial charge in [-0.1, -0.05) is 28.6 Å². The number of anilines is 1. The lowest BCUT2D eigenvalue weighted by molar-refractivity contribution is -0.137. The van der Waals surface area contributed by atoms with Crippen LogP contribution >= 0.6 is 11.3 Å². The van der Waals surface area contributed by atoms with Crippen LogP contribution in [0.3, 0.4) is 0 Å². The predicted molar refractivity (Wildman–Crippen MR) is 97.2 cm³/mol. The summed E-state index contributed by atoms with van der Waals surface area (Å²) in [5.41, 5.74) is -0.537. The zero-order chi connectivity index (χ0) is 20.6. The first-order valence-corrected chi connectivity index (χ1v) is 9.43. The number of nitrogens with one attached hydrogen (secondary N) is 1. The Morgan fingerprint density at radius 3 is 2.83 bits per heavy atom. The van der Waals surface area contributed by atoms with Gasteiger partial charge >= 0.3 is 6.18 Å². The summed E-state index contributed by atoms with van der Waals surface area (Å²) in [7, 11) is 0. The second-order valence-electron chi connectivity index (χ2n) is 6.60. The third-order valence-electron chi connectivity index (χ3n) is 4.34. The first-order valence-electron chi connectivity index (χ1n) is 8.61. The van der Waals surface area contributed by atoms with Crippen molar-refractivity contribution in [2.75, 3.05) is 25.0 Å². The SMILES string of the molecule is Cc1nnc(NC(=O)CN2CC(c3nc(-c4cccc(C(F)(F)F)c4)no3)C2)s1. The summed E-state index contributed by atoms with van der Waals surface area (Å²) in [5.74, 6) is 0.177. The zero-order valence-corrected chi connectivity index (χ0v) is 15.9. The highest BCUT2D eigenvalue weighted by Gasteiger charge is 2.34. The molecule has 0 aliphatic carbocycles. The average Bonchev–Trinajstić information content (AvgIpc) is 3.26. The standard InChI is InChI=1S/C17H15F3N6O2S/c1-9-23-24-16(29-9)21-13(27)8-26-6-11(7-26)15-22-14(25-28-15)10-3-2-4-12(5-10)17(18,19)20/h2-5,11H,6-8H2,1H3,(H,21,24,27). The molecule has 0 radical (unpaired) electrons. The maximum absolute atomic E-state index is 12.9. The zero-order valence-electron chi connectivity index (χ0n) is 15.1. The van der Waals surface area contributed by atoms with Gasteiger partial charge in [0.05, 0.1) is 18.0 Å². The Kier molecular flexibility index (Phi) is 5.04. The maximum atomic E-state index is 12.9. The van der Waals surface area contributed by atoms with Crippen molar-refractivity contribution in [2.24, 2.45) is 0 Å². The molecular formula is C17H15F3N6O2S. The fraction of sp³-hybridized carbons (Fsp3) is 0.353. The number of rotatable bonds is 5. The van der Waals surface area contributed by atoms with Crippen molar-refractivity contribution in [3.05, 3.63) is 40.7 Å². The Morgan fingerprint density at radius 2 is 2.14 bits per heavy atom. The fourth-order valence-corrected chi connectivity index (χ4v) is 3.52. The maximum Gasteiger partial charge on any atom is 0.416 e. The summed E-state index contributed by atoms with van der Waals surface area (Å²) in [6.07, 6.45) is -4.44.